The fourth-order valence-electron chi connectivity index (χ4n) is 2.55. The van der Waals surface area contributed by atoms with E-state index in [0.29, 0.717) is 6.04 Å². The van der Waals surface area contributed by atoms with Crippen molar-refractivity contribution in [1.29, 1.82) is 0 Å². The Kier molecular flexibility index (Phi) is 4.18. The first-order valence-corrected chi connectivity index (χ1v) is 6.52. The maximum atomic E-state index is 4.24. The van der Waals surface area contributed by atoms with Gasteiger partial charge in [-0.3, -0.25) is 9.58 Å². The SMILES string of the molecule is CN(C)C1CCCCN(Cc2ccnn2C)C1. The first kappa shape index (κ1) is 12.6. The van der Waals surface area contributed by atoms with Gasteiger partial charge in [0.15, 0.2) is 0 Å². The molecule has 0 N–H and O–H groups in total. The van der Waals surface area contributed by atoms with Gasteiger partial charge in [0, 0.05) is 32.4 Å². The summed E-state index contributed by atoms with van der Waals surface area (Å²) in [4.78, 5) is 4.93. The molecule has 0 saturated carbocycles. The summed E-state index contributed by atoms with van der Waals surface area (Å²) in [5.74, 6) is 0. The standard InChI is InChI=1S/C13H24N4/c1-15(2)12-6-4-5-9-17(10-12)11-13-7-8-14-16(13)3/h7-8,12H,4-6,9-11H2,1-3H3. The average Bonchev–Trinajstić information content (AvgIpc) is 2.55. The van der Waals surface area contributed by atoms with Crippen molar-refractivity contribution in [3.63, 3.8) is 0 Å². The first-order chi connectivity index (χ1) is 8.16. The van der Waals surface area contributed by atoms with Crippen LogP contribution in [0.2, 0.25) is 0 Å². The quantitative estimate of drug-likeness (QED) is 0.791. The highest BCUT2D eigenvalue weighted by atomic mass is 15.3. The average molecular weight is 236 g/mol. The molecule has 0 bridgehead atoms. The second kappa shape index (κ2) is 5.65. The van der Waals surface area contributed by atoms with Gasteiger partial charge in [0.1, 0.15) is 0 Å². The molecule has 1 fully saturated rings. The van der Waals surface area contributed by atoms with E-state index in [-0.39, 0.29) is 0 Å². The summed E-state index contributed by atoms with van der Waals surface area (Å²) in [6.45, 7) is 3.43. The van der Waals surface area contributed by atoms with E-state index >= 15 is 0 Å². The Labute approximate surface area is 104 Å². The summed E-state index contributed by atoms with van der Waals surface area (Å²) >= 11 is 0. The Morgan fingerprint density at radius 2 is 2.24 bits per heavy atom. The Balaban J connectivity index is 1.97. The van der Waals surface area contributed by atoms with E-state index in [0.717, 1.165) is 6.54 Å². The van der Waals surface area contributed by atoms with Gasteiger partial charge in [0.05, 0.1) is 5.69 Å². The maximum Gasteiger partial charge on any atom is 0.0521 e. The number of aromatic nitrogens is 2. The van der Waals surface area contributed by atoms with Crippen LogP contribution in [0.1, 0.15) is 25.0 Å². The molecule has 1 aromatic rings. The van der Waals surface area contributed by atoms with E-state index in [1.807, 2.05) is 17.9 Å². The van der Waals surface area contributed by atoms with Crippen LogP contribution in [0, 0.1) is 0 Å². The van der Waals surface area contributed by atoms with Gasteiger partial charge in [-0.2, -0.15) is 5.10 Å². The number of nitrogens with zero attached hydrogens (tertiary/aromatic N) is 4. The van der Waals surface area contributed by atoms with Crippen molar-refractivity contribution in [2.24, 2.45) is 7.05 Å². The first-order valence-electron chi connectivity index (χ1n) is 6.52. The van der Waals surface area contributed by atoms with Crippen molar-refractivity contribution in [2.75, 3.05) is 27.2 Å². The minimum absolute atomic E-state index is 0.700. The van der Waals surface area contributed by atoms with Gasteiger partial charge in [-0.05, 0) is 39.5 Å². The van der Waals surface area contributed by atoms with E-state index in [1.54, 1.807) is 0 Å². The van der Waals surface area contributed by atoms with Crippen LogP contribution in [0.15, 0.2) is 12.3 Å². The number of rotatable bonds is 3. The maximum absolute atomic E-state index is 4.24. The summed E-state index contributed by atoms with van der Waals surface area (Å²) in [7, 11) is 6.41. The Morgan fingerprint density at radius 3 is 2.88 bits per heavy atom. The van der Waals surface area contributed by atoms with Gasteiger partial charge in [-0.1, -0.05) is 6.42 Å². The topological polar surface area (TPSA) is 24.3 Å². The highest BCUT2D eigenvalue weighted by Gasteiger charge is 2.20. The van der Waals surface area contributed by atoms with Crippen molar-refractivity contribution in [2.45, 2.75) is 31.8 Å². The van der Waals surface area contributed by atoms with E-state index < -0.39 is 0 Å². The molecule has 1 saturated heterocycles. The van der Waals surface area contributed by atoms with Gasteiger partial charge in [-0.15, -0.1) is 0 Å². The smallest absolute Gasteiger partial charge is 0.0521 e. The van der Waals surface area contributed by atoms with Gasteiger partial charge >= 0.3 is 0 Å². The van der Waals surface area contributed by atoms with Crippen LogP contribution < -0.4 is 0 Å². The summed E-state index contributed by atoms with van der Waals surface area (Å²) in [5, 5.41) is 4.24. The fourth-order valence-corrected chi connectivity index (χ4v) is 2.55. The number of likely N-dealkylation sites (tertiary alicyclic amines) is 1. The molecule has 1 aliphatic rings. The molecule has 0 amide bonds. The van der Waals surface area contributed by atoms with Crippen LogP contribution in [0.4, 0.5) is 0 Å². The molecule has 1 aliphatic heterocycles. The summed E-state index contributed by atoms with van der Waals surface area (Å²) in [6.07, 6.45) is 5.89. The lowest BCUT2D eigenvalue weighted by atomic mass is 10.1. The monoisotopic (exact) mass is 236 g/mol. The fraction of sp³-hybridized carbons (Fsp3) is 0.769. The molecule has 0 radical (unpaired) electrons. The van der Waals surface area contributed by atoms with Gasteiger partial charge < -0.3 is 4.90 Å². The van der Waals surface area contributed by atoms with Crippen molar-refractivity contribution in [1.82, 2.24) is 19.6 Å². The van der Waals surface area contributed by atoms with E-state index in [2.05, 4.69) is 35.1 Å². The van der Waals surface area contributed by atoms with E-state index in [1.165, 1.54) is 38.0 Å². The molecule has 0 aliphatic carbocycles. The van der Waals surface area contributed by atoms with E-state index in [4.69, 9.17) is 0 Å². The molecule has 96 valence electrons. The van der Waals surface area contributed by atoms with Gasteiger partial charge in [0.25, 0.3) is 0 Å². The lowest BCUT2D eigenvalue weighted by Gasteiger charge is -2.28. The number of hydrogen-bond acceptors (Lipinski definition) is 3. The molecule has 2 heterocycles. The third-order valence-electron chi connectivity index (χ3n) is 3.77. The predicted molar refractivity (Wildman–Crippen MR) is 69.8 cm³/mol. The second-order valence-corrected chi connectivity index (χ2v) is 5.29. The molecule has 17 heavy (non-hydrogen) atoms. The van der Waals surface area contributed by atoms with Crippen molar-refractivity contribution >= 4 is 0 Å². The number of hydrogen-bond donors (Lipinski definition) is 0. The third kappa shape index (κ3) is 3.30. The van der Waals surface area contributed by atoms with Crippen LogP contribution >= 0.6 is 0 Å². The second-order valence-electron chi connectivity index (χ2n) is 5.29. The Bertz CT molecular complexity index is 345. The van der Waals surface area contributed by atoms with Crippen molar-refractivity contribution < 1.29 is 0 Å². The largest absolute Gasteiger partial charge is 0.305 e. The lowest BCUT2D eigenvalue weighted by molar-refractivity contribution is 0.188. The molecule has 1 unspecified atom stereocenters. The normalized spacial score (nSPS) is 22.9. The van der Waals surface area contributed by atoms with E-state index in [9.17, 15) is 0 Å². The molecule has 2 rings (SSSR count). The zero-order valence-electron chi connectivity index (χ0n) is 11.3. The molecular weight excluding hydrogens is 212 g/mol. The van der Waals surface area contributed by atoms with Crippen molar-refractivity contribution in [3.8, 4) is 0 Å². The molecule has 1 atom stereocenters. The lowest BCUT2D eigenvalue weighted by Crippen LogP contribution is -2.38. The van der Waals surface area contributed by atoms with Crippen LogP contribution in [0.25, 0.3) is 0 Å². The molecule has 4 nitrogen and oxygen atoms in total. The third-order valence-corrected chi connectivity index (χ3v) is 3.77. The van der Waals surface area contributed by atoms with Gasteiger partial charge in [0.2, 0.25) is 0 Å². The summed E-state index contributed by atoms with van der Waals surface area (Å²) in [5.41, 5.74) is 1.31. The molecule has 0 spiro atoms. The highest BCUT2D eigenvalue weighted by molar-refractivity contribution is 5.00. The zero-order valence-corrected chi connectivity index (χ0v) is 11.3. The molecular formula is C13H24N4. The highest BCUT2D eigenvalue weighted by Crippen LogP contribution is 2.16. The molecule has 1 aromatic heterocycles. The van der Waals surface area contributed by atoms with Crippen LogP contribution in [-0.4, -0.2) is 52.8 Å². The Morgan fingerprint density at radius 1 is 1.41 bits per heavy atom. The van der Waals surface area contributed by atoms with Crippen LogP contribution in [0.3, 0.4) is 0 Å². The minimum atomic E-state index is 0.700. The summed E-state index contributed by atoms with van der Waals surface area (Å²) < 4.78 is 1.98. The van der Waals surface area contributed by atoms with Gasteiger partial charge in [-0.25, -0.2) is 0 Å². The van der Waals surface area contributed by atoms with Crippen molar-refractivity contribution in [3.05, 3.63) is 18.0 Å². The summed E-state index contributed by atoms with van der Waals surface area (Å²) in [6, 6.07) is 2.82. The van der Waals surface area contributed by atoms with Crippen LogP contribution in [-0.2, 0) is 13.6 Å². The Hall–Kier alpha value is -0.870. The predicted octanol–water partition coefficient (Wildman–Crippen LogP) is 1.34. The zero-order chi connectivity index (χ0) is 12.3. The number of aryl methyl sites for hydroxylation is 1. The molecule has 0 aromatic carbocycles. The molecule has 4 heteroatoms. The minimum Gasteiger partial charge on any atom is -0.305 e. The number of likely N-dealkylation sites (N-methyl/N-ethyl adjacent to an activating group) is 1. The van der Waals surface area contributed by atoms with Crippen LogP contribution in [0.5, 0.6) is 0 Å².